The van der Waals surface area contributed by atoms with Gasteiger partial charge in [-0.05, 0) is 61.6 Å². The second-order valence-electron chi connectivity index (χ2n) is 11.2. The van der Waals surface area contributed by atoms with Gasteiger partial charge in [0.1, 0.15) is 24.7 Å². The number of rotatable bonds is 12. The Morgan fingerprint density at radius 1 is 1.05 bits per heavy atom. The summed E-state index contributed by atoms with van der Waals surface area (Å²) in [5.74, 6) is 1.76. The number of ether oxygens (including phenoxy) is 5. The number of nitrogens with zero attached hydrogens (tertiary/aromatic N) is 2. The topological polar surface area (TPSA) is 81.7 Å². The molecule has 2 saturated heterocycles. The Labute approximate surface area is 244 Å². The summed E-state index contributed by atoms with van der Waals surface area (Å²) in [7, 11) is 3.41. The first kappa shape index (κ1) is 29.6. The molecule has 0 saturated carbocycles. The number of nitrogens with one attached hydrogen (secondary N) is 1. The van der Waals surface area contributed by atoms with Gasteiger partial charge in [-0.1, -0.05) is 18.2 Å². The summed E-state index contributed by atoms with van der Waals surface area (Å²) in [6.45, 7) is 8.05. The van der Waals surface area contributed by atoms with E-state index in [1.165, 1.54) is 0 Å². The number of anilines is 1. The molecule has 0 radical (unpaired) electrons. The summed E-state index contributed by atoms with van der Waals surface area (Å²) in [4.78, 5) is 17.3. The van der Waals surface area contributed by atoms with Crippen LogP contribution in [0.15, 0.2) is 42.5 Å². The molecule has 41 heavy (non-hydrogen) atoms. The van der Waals surface area contributed by atoms with Gasteiger partial charge in [-0.2, -0.15) is 0 Å². The van der Waals surface area contributed by atoms with E-state index in [0.717, 1.165) is 73.8 Å². The molecule has 3 aliphatic rings. The average Bonchev–Trinajstić information content (AvgIpc) is 3.45. The van der Waals surface area contributed by atoms with Crippen LogP contribution in [0.25, 0.3) is 0 Å². The van der Waals surface area contributed by atoms with Gasteiger partial charge < -0.3 is 38.8 Å². The molecule has 2 aromatic carbocycles. The van der Waals surface area contributed by atoms with E-state index in [2.05, 4.69) is 41.4 Å². The molecule has 3 heterocycles. The first-order valence-corrected chi connectivity index (χ1v) is 14.9. The number of piperidine rings is 1. The van der Waals surface area contributed by atoms with Gasteiger partial charge in [-0.3, -0.25) is 4.79 Å². The Hall–Kier alpha value is -2.85. The highest BCUT2D eigenvalue weighted by Gasteiger charge is 2.37. The number of benzene rings is 2. The third-order valence-electron chi connectivity index (χ3n) is 8.51. The van der Waals surface area contributed by atoms with E-state index in [9.17, 15) is 4.79 Å². The van der Waals surface area contributed by atoms with Crippen molar-refractivity contribution in [2.24, 2.45) is 0 Å². The van der Waals surface area contributed by atoms with E-state index < -0.39 is 0 Å². The fourth-order valence-corrected chi connectivity index (χ4v) is 6.25. The molecule has 4 atom stereocenters. The van der Waals surface area contributed by atoms with Crippen molar-refractivity contribution in [3.8, 4) is 11.5 Å². The van der Waals surface area contributed by atoms with E-state index in [1.54, 1.807) is 14.2 Å². The summed E-state index contributed by atoms with van der Waals surface area (Å²) in [5.41, 5.74) is 3.32. The SMILES string of the molecule is COCCCN1CCOc2ccc(CO[C@H]3CNC[C@@H](OCC(=O)N4CCCC4C)[C@@H]3c3ccc(OC)cc3)cc21. The van der Waals surface area contributed by atoms with Crippen LogP contribution in [0.5, 0.6) is 11.5 Å². The zero-order chi connectivity index (χ0) is 28.6. The van der Waals surface area contributed by atoms with E-state index in [0.29, 0.717) is 26.3 Å². The molecule has 1 unspecified atom stereocenters. The number of methoxy groups -OCH3 is 2. The molecule has 2 aromatic rings. The highest BCUT2D eigenvalue weighted by atomic mass is 16.5. The second-order valence-corrected chi connectivity index (χ2v) is 11.2. The number of hydrogen-bond donors (Lipinski definition) is 1. The molecule has 224 valence electrons. The number of hydrogen-bond acceptors (Lipinski definition) is 8. The Kier molecular flexibility index (Phi) is 10.4. The van der Waals surface area contributed by atoms with Crippen LogP contribution in [-0.4, -0.2) is 95.8 Å². The third kappa shape index (κ3) is 7.33. The molecule has 3 aliphatic heterocycles. The van der Waals surface area contributed by atoms with E-state index in [1.807, 2.05) is 23.1 Å². The molecule has 0 aliphatic carbocycles. The molecule has 0 bridgehead atoms. The van der Waals surface area contributed by atoms with Crippen molar-refractivity contribution in [1.29, 1.82) is 0 Å². The Bertz CT molecular complexity index is 1130. The minimum absolute atomic E-state index is 0.0301. The van der Waals surface area contributed by atoms with Crippen molar-refractivity contribution < 1.29 is 28.5 Å². The maximum Gasteiger partial charge on any atom is 0.248 e. The summed E-state index contributed by atoms with van der Waals surface area (Å²) in [6.07, 6.45) is 2.75. The van der Waals surface area contributed by atoms with Crippen LogP contribution >= 0.6 is 0 Å². The third-order valence-corrected chi connectivity index (χ3v) is 8.51. The maximum absolute atomic E-state index is 13.0. The van der Waals surface area contributed by atoms with E-state index >= 15 is 0 Å². The van der Waals surface area contributed by atoms with Crippen LogP contribution in [-0.2, 0) is 25.6 Å². The lowest BCUT2D eigenvalue weighted by atomic mass is 9.85. The molecular formula is C32H45N3O6. The predicted octanol–water partition coefficient (Wildman–Crippen LogP) is 3.60. The number of likely N-dealkylation sites (tertiary alicyclic amines) is 1. The van der Waals surface area contributed by atoms with Crippen LogP contribution in [0.4, 0.5) is 5.69 Å². The van der Waals surface area contributed by atoms with Crippen LogP contribution in [0.3, 0.4) is 0 Å². The van der Waals surface area contributed by atoms with E-state index in [4.69, 9.17) is 23.7 Å². The molecule has 1 N–H and O–H groups in total. The van der Waals surface area contributed by atoms with Gasteiger partial charge in [0.25, 0.3) is 0 Å². The second kappa shape index (κ2) is 14.4. The molecule has 5 rings (SSSR count). The van der Waals surface area contributed by atoms with Crippen molar-refractivity contribution in [1.82, 2.24) is 10.2 Å². The van der Waals surface area contributed by atoms with Gasteiger partial charge in [0.15, 0.2) is 0 Å². The first-order chi connectivity index (χ1) is 20.1. The van der Waals surface area contributed by atoms with Crippen LogP contribution < -0.4 is 19.7 Å². The lowest BCUT2D eigenvalue weighted by Gasteiger charge is -2.39. The van der Waals surface area contributed by atoms with Crippen molar-refractivity contribution in [3.63, 3.8) is 0 Å². The van der Waals surface area contributed by atoms with Crippen molar-refractivity contribution in [2.45, 2.75) is 57.0 Å². The van der Waals surface area contributed by atoms with Gasteiger partial charge >= 0.3 is 0 Å². The summed E-state index contributed by atoms with van der Waals surface area (Å²) >= 11 is 0. The lowest BCUT2D eigenvalue weighted by Crippen LogP contribution is -2.51. The monoisotopic (exact) mass is 567 g/mol. The van der Waals surface area contributed by atoms with Crippen molar-refractivity contribution in [3.05, 3.63) is 53.6 Å². The number of carbonyl (C=O) groups is 1. The Morgan fingerprint density at radius 2 is 1.85 bits per heavy atom. The maximum atomic E-state index is 13.0. The molecule has 9 nitrogen and oxygen atoms in total. The highest BCUT2D eigenvalue weighted by Crippen LogP contribution is 2.35. The van der Waals surface area contributed by atoms with Crippen LogP contribution in [0.1, 0.15) is 43.2 Å². The summed E-state index contributed by atoms with van der Waals surface area (Å²) in [6, 6.07) is 14.7. The standard InChI is InChI=1S/C32H45N3O6/c1-23-6-4-14-35(23)31(36)22-41-30-20-33-19-29(32(30)25-8-10-26(38-3)11-9-25)40-21-24-7-12-28-27(18-24)34(15-17-39-28)13-5-16-37-2/h7-12,18,23,29-30,32-33H,4-6,13-17,19-22H2,1-3H3/t23?,29-,30+,32+/m0/s1. The average molecular weight is 568 g/mol. The smallest absolute Gasteiger partial charge is 0.248 e. The molecule has 9 heteroatoms. The number of carbonyl (C=O) groups excluding carboxylic acids is 1. The van der Waals surface area contributed by atoms with Crippen LogP contribution in [0, 0.1) is 0 Å². The zero-order valence-corrected chi connectivity index (χ0v) is 24.7. The van der Waals surface area contributed by atoms with Crippen molar-refractivity contribution in [2.75, 3.05) is 71.7 Å². The fourth-order valence-electron chi connectivity index (χ4n) is 6.25. The minimum atomic E-state index is -0.197. The van der Waals surface area contributed by atoms with Crippen LogP contribution in [0.2, 0.25) is 0 Å². The Balaban J connectivity index is 1.29. The Morgan fingerprint density at radius 3 is 2.59 bits per heavy atom. The highest BCUT2D eigenvalue weighted by molar-refractivity contribution is 5.78. The molecule has 0 aromatic heterocycles. The zero-order valence-electron chi connectivity index (χ0n) is 24.7. The number of fused-ring (bicyclic) bond motifs is 1. The van der Waals surface area contributed by atoms with Gasteiger partial charge in [0.2, 0.25) is 5.91 Å². The van der Waals surface area contributed by atoms with Gasteiger partial charge in [-0.15, -0.1) is 0 Å². The summed E-state index contributed by atoms with van der Waals surface area (Å²) in [5, 5.41) is 3.49. The quantitative estimate of drug-likeness (QED) is 0.390. The lowest BCUT2D eigenvalue weighted by molar-refractivity contribution is -0.141. The normalized spacial score (nSPS) is 24.2. The molecule has 0 spiro atoms. The minimum Gasteiger partial charge on any atom is -0.497 e. The van der Waals surface area contributed by atoms with Gasteiger partial charge in [-0.25, -0.2) is 0 Å². The first-order valence-electron chi connectivity index (χ1n) is 14.9. The molecular weight excluding hydrogens is 522 g/mol. The summed E-state index contributed by atoms with van der Waals surface area (Å²) < 4.78 is 29.6. The van der Waals surface area contributed by atoms with Crippen molar-refractivity contribution >= 4 is 11.6 Å². The van der Waals surface area contributed by atoms with E-state index in [-0.39, 0.29) is 36.7 Å². The number of amides is 1. The fraction of sp³-hybridized carbons (Fsp3) is 0.594. The molecule has 2 fully saturated rings. The predicted molar refractivity (Wildman–Crippen MR) is 158 cm³/mol. The largest absolute Gasteiger partial charge is 0.497 e. The molecule has 1 amide bonds. The van der Waals surface area contributed by atoms with Gasteiger partial charge in [0, 0.05) is 51.9 Å². The van der Waals surface area contributed by atoms with Gasteiger partial charge in [0.05, 0.1) is 38.2 Å².